The maximum absolute atomic E-state index is 8.25. The first-order chi connectivity index (χ1) is 5.46. The number of nitrogens with two attached hydrogens (primary N) is 4. The van der Waals surface area contributed by atoms with Gasteiger partial charge in [-0.2, -0.15) is 0 Å². The molecule has 0 aromatic rings. The Hall–Kier alpha value is -0.994. The molecule has 0 radical (unpaired) electrons. The fraction of sp³-hybridized carbons (Fsp3) is 0. The van der Waals surface area contributed by atoms with Crippen LogP contribution in [-0.2, 0) is 0 Å². The Morgan fingerprint density at radius 3 is 0.692 bits per heavy atom. The smallest absolute Gasteiger partial charge is 0.356 e. The molecule has 0 saturated heterocycles. The molecule has 0 unspecified atom stereocenters. The van der Waals surface area contributed by atoms with Crippen LogP contribution in [0.2, 0.25) is 0 Å². The SMILES string of the molecule is NN.NN.O=[N+]([O-])[O-].O=[N+]([O-])[O-].[Mg+2]. The van der Waals surface area contributed by atoms with Crippen LogP contribution >= 0.6 is 0 Å². The molecule has 76 valence electrons. The molecule has 0 rings (SSSR count). The molecule has 8 N–H and O–H groups in total. The van der Waals surface area contributed by atoms with Gasteiger partial charge in [0.25, 0.3) is 0 Å². The quantitative estimate of drug-likeness (QED) is 0.135. The van der Waals surface area contributed by atoms with E-state index in [9.17, 15) is 0 Å². The third-order valence-electron chi connectivity index (χ3n) is 0. The minimum Gasteiger partial charge on any atom is -0.356 e. The number of rotatable bonds is 0. The Morgan fingerprint density at radius 1 is 0.692 bits per heavy atom. The third kappa shape index (κ3) is 904. The Labute approximate surface area is 87.8 Å². The normalized spacial score (nSPS) is 4.62. The molecule has 0 aliphatic rings. The second-order valence-corrected chi connectivity index (χ2v) is 0.447. The molecule has 0 heterocycles. The molecule has 0 aromatic heterocycles. The van der Waals surface area contributed by atoms with Gasteiger partial charge in [0.05, 0.1) is 10.2 Å². The van der Waals surface area contributed by atoms with Crippen molar-refractivity contribution in [2.75, 3.05) is 0 Å². The van der Waals surface area contributed by atoms with Gasteiger partial charge in [0.15, 0.2) is 0 Å². The van der Waals surface area contributed by atoms with Crippen molar-refractivity contribution in [2.45, 2.75) is 0 Å². The summed E-state index contributed by atoms with van der Waals surface area (Å²) in [5, 5.41) is 29.5. The standard InChI is InChI=1S/Mg.2H4N2.2NO3/c;2*1-2;2*2-1(3)4/h;2*1-2H2;;/q+2;;;2*-1. The van der Waals surface area contributed by atoms with Gasteiger partial charge in [0.1, 0.15) is 0 Å². The van der Waals surface area contributed by atoms with E-state index in [0.29, 0.717) is 0 Å². The van der Waals surface area contributed by atoms with E-state index in [-0.39, 0.29) is 23.1 Å². The largest absolute Gasteiger partial charge is 2.00 e. The van der Waals surface area contributed by atoms with E-state index in [4.69, 9.17) is 30.6 Å². The van der Waals surface area contributed by atoms with Crippen LogP contribution in [-0.4, -0.2) is 33.2 Å². The van der Waals surface area contributed by atoms with E-state index in [1.807, 2.05) is 0 Å². The van der Waals surface area contributed by atoms with Gasteiger partial charge in [-0.3, -0.25) is 23.4 Å². The van der Waals surface area contributed by atoms with Crippen molar-refractivity contribution >= 4 is 23.1 Å². The monoisotopic (exact) mass is 212 g/mol. The second kappa shape index (κ2) is 44.0. The topological polar surface area (TPSA) is 236 Å². The summed E-state index contributed by atoms with van der Waals surface area (Å²) < 4.78 is 0. The molecule has 0 aliphatic carbocycles. The van der Waals surface area contributed by atoms with Crippen molar-refractivity contribution in [1.82, 2.24) is 0 Å². The summed E-state index contributed by atoms with van der Waals surface area (Å²) >= 11 is 0. The van der Waals surface area contributed by atoms with E-state index in [2.05, 4.69) is 23.4 Å². The Morgan fingerprint density at radius 2 is 0.692 bits per heavy atom. The van der Waals surface area contributed by atoms with Crippen LogP contribution in [0.1, 0.15) is 0 Å². The van der Waals surface area contributed by atoms with Gasteiger partial charge < -0.3 is 30.6 Å². The van der Waals surface area contributed by atoms with E-state index >= 15 is 0 Å². The zero-order valence-corrected chi connectivity index (χ0v) is 7.77. The van der Waals surface area contributed by atoms with Crippen LogP contribution in [0.5, 0.6) is 0 Å². The van der Waals surface area contributed by atoms with Crippen molar-refractivity contribution in [3.05, 3.63) is 30.6 Å². The maximum Gasteiger partial charge on any atom is 2.00 e. The summed E-state index contributed by atoms with van der Waals surface area (Å²) in [5.41, 5.74) is 0. The van der Waals surface area contributed by atoms with Crippen molar-refractivity contribution < 1.29 is 10.2 Å². The molecule has 0 aliphatic heterocycles. The molecule has 0 spiro atoms. The van der Waals surface area contributed by atoms with Crippen LogP contribution in [0.15, 0.2) is 0 Å². The van der Waals surface area contributed by atoms with Gasteiger partial charge in [-0.25, -0.2) is 0 Å². The van der Waals surface area contributed by atoms with E-state index in [1.165, 1.54) is 0 Å². The molecular weight excluding hydrogens is 204 g/mol. The minimum atomic E-state index is -1.75. The van der Waals surface area contributed by atoms with E-state index in [1.54, 1.807) is 0 Å². The van der Waals surface area contributed by atoms with Crippen LogP contribution < -0.4 is 23.4 Å². The average molecular weight is 212 g/mol. The fourth-order valence-corrected chi connectivity index (χ4v) is 0. The molecule has 0 bridgehead atoms. The molecule has 0 aromatic carbocycles. The van der Waals surface area contributed by atoms with Crippen LogP contribution in [0.3, 0.4) is 0 Å². The second-order valence-electron chi connectivity index (χ2n) is 0.447. The first kappa shape index (κ1) is 29.6. The molecule has 0 atom stereocenters. The molecular formula is H8MgN6O6. The summed E-state index contributed by atoms with van der Waals surface area (Å²) in [4.78, 5) is 16.5. The zero-order valence-electron chi connectivity index (χ0n) is 6.36. The Bertz CT molecular complexity index is 75.1. The van der Waals surface area contributed by atoms with Gasteiger partial charge in [0, 0.05) is 0 Å². The minimum absolute atomic E-state index is 0. The van der Waals surface area contributed by atoms with Crippen molar-refractivity contribution in [3.8, 4) is 0 Å². The van der Waals surface area contributed by atoms with Crippen LogP contribution in [0.4, 0.5) is 0 Å². The molecule has 0 amide bonds. The predicted octanol–water partition coefficient (Wildman–Crippen LogP) is -3.22. The van der Waals surface area contributed by atoms with E-state index < -0.39 is 10.2 Å². The maximum atomic E-state index is 8.25. The van der Waals surface area contributed by atoms with Crippen molar-refractivity contribution in [2.24, 2.45) is 23.4 Å². The number of hydrogen-bond acceptors (Lipinski definition) is 10. The first-order valence-electron chi connectivity index (χ1n) is 1.76. The Balaban J connectivity index is -0.0000000226. The van der Waals surface area contributed by atoms with Gasteiger partial charge in [0.2, 0.25) is 0 Å². The fourth-order valence-electron chi connectivity index (χ4n) is 0. The summed E-state index contributed by atoms with van der Waals surface area (Å²) in [7, 11) is 0. The van der Waals surface area contributed by atoms with Gasteiger partial charge in [-0.1, -0.05) is 0 Å². The predicted molar refractivity (Wildman–Crippen MR) is 43.2 cm³/mol. The first-order valence-corrected chi connectivity index (χ1v) is 1.76. The molecule has 13 heteroatoms. The molecule has 12 nitrogen and oxygen atoms in total. The summed E-state index contributed by atoms with van der Waals surface area (Å²) in [5.74, 6) is 16.0. The van der Waals surface area contributed by atoms with Crippen molar-refractivity contribution in [3.63, 3.8) is 0 Å². The van der Waals surface area contributed by atoms with Gasteiger partial charge in [-0.05, 0) is 0 Å². The zero-order chi connectivity index (χ0) is 11.2. The van der Waals surface area contributed by atoms with Gasteiger partial charge >= 0.3 is 23.1 Å². The molecule has 13 heavy (non-hydrogen) atoms. The summed E-state index contributed by atoms with van der Waals surface area (Å²) in [6.45, 7) is 0. The van der Waals surface area contributed by atoms with Gasteiger partial charge in [-0.15, -0.1) is 0 Å². The summed E-state index contributed by atoms with van der Waals surface area (Å²) in [6, 6.07) is 0. The van der Waals surface area contributed by atoms with E-state index in [0.717, 1.165) is 0 Å². The van der Waals surface area contributed by atoms with Crippen LogP contribution in [0.25, 0.3) is 0 Å². The molecule has 0 saturated carbocycles. The number of hydrazine groups is 2. The molecule has 0 fully saturated rings. The van der Waals surface area contributed by atoms with Crippen molar-refractivity contribution in [1.29, 1.82) is 0 Å². The summed E-state index contributed by atoms with van der Waals surface area (Å²) in [6.07, 6.45) is 0. The number of hydrogen-bond donors (Lipinski definition) is 4. The average Bonchev–Trinajstić information content (AvgIpc) is 1.93. The Kier molecular flexibility index (Phi) is 100. The van der Waals surface area contributed by atoms with Crippen LogP contribution in [0, 0.1) is 30.6 Å². The number of nitrogens with zero attached hydrogens (tertiary/aromatic N) is 2. The third-order valence-corrected chi connectivity index (χ3v) is 0.